The van der Waals surface area contributed by atoms with Crippen LogP contribution in [0.15, 0.2) is 12.2 Å². The van der Waals surface area contributed by atoms with Crippen LogP contribution in [0.25, 0.3) is 0 Å². The lowest BCUT2D eigenvalue weighted by Gasteiger charge is -2.27. The predicted molar refractivity (Wildman–Crippen MR) is 235 cm³/mol. The van der Waals surface area contributed by atoms with Crippen LogP contribution in [0.2, 0.25) is 0 Å². The number of imide groups is 1. The van der Waals surface area contributed by atoms with Crippen LogP contribution in [0, 0.1) is 11.8 Å². The number of rotatable bonds is 37. The summed E-state index contributed by atoms with van der Waals surface area (Å²) in [5.41, 5.74) is 10.7. The van der Waals surface area contributed by atoms with E-state index < -0.39 is 72.1 Å². The van der Waals surface area contributed by atoms with E-state index in [0.29, 0.717) is 72.2 Å². The molecule has 0 aromatic carbocycles. The predicted octanol–water partition coefficient (Wildman–Crippen LogP) is -2.19. The molecular formula is C43H72N8O15. The van der Waals surface area contributed by atoms with Crippen molar-refractivity contribution in [1.29, 1.82) is 0 Å². The average Bonchev–Trinajstić information content (AvgIpc) is 3.88. The number of hydrogen-bond donors (Lipinski definition) is 6. The van der Waals surface area contributed by atoms with Crippen molar-refractivity contribution in [1.82, 2.24) is 31.1 Å². The molecule has 23 nitrogen and oxygen atoms in total. The maximum atomic E-state index is 13.6. The molecule has 2 aliphatic rings. The Morgan fingerprint density at radius 2 is 1.08 bits per heavy atom. The second-order valence-electron chi connectivity index (χ2n) is 16.5. The number of likely N-dealkylation sites (tertiary alicyclic amines) is 1. The molecule has 0 unspecified atom stereocenters. The highest BCUT2D eigenvalue weighted by Crippen LogP contribution is 2.17. The molecule has 0 bridgehead atoms. The number of carbonyl (C=O) groups is 9. The summed E-state index contributed by atoms with van der Waals surface area (Å²) in [4.78, 5) is 115. The van der Waals surface area contributed by atoms with E-state index >= 15 is 0 Å². The van der Waals surface area contributed by atoms with E-state index in [0.717, 1.165) is 4.90 Å². The first-order chi connectivity index (χ1) is 31.5. The molecule has 0 aliphatic carbocycles. The molecular weight excluding hydrogens is 869 g/mol. The van der Waals surface area contributed by atoms with E-state index in [9.17, 15) is 43.2 Å². The van der Waals surface area contributed by atoms with Gasteiger partial charge in [-0.05, 0) is 43.9 Å². The maximum Gasteiger partial charge on any atom is 0.253 e. The van der Waals surface area contributed by atoms with Gasteiger partial charge in [-0.3, -0.25) is 48.1 Å². The lowest BCUT2D eigenvalue weighted by molar-refractivity contribution is -0.138. The summed E-state index contributed by atoms with van der Waals surface area (Å²) in [6, 6.07) is -4.18. The van der Waals surface area contributed by atoms with Crippen molar-refractivity contribution < 1.29 is 71.6 Å². The molecule has 1 fully saturated rings. The van der Waals surface area contributed by atoms with Crippen LogP contribution in [-0.2, 0) is 71.6 Å². The van der Waals surface area contributed by atoms with E-state index in [1.54, 1.807) is 0 Å². The zero-order valence-electron chi connectivity index (χ0n) is 38.8. The van der Waals surface area contributed by atoms with Crippen molar-refractivity contribution >= 4 is 53.2 Å². The molecule has 0 aromatic rings. The standard InChI is InChI=1S/C43H72N8O15/c1-29(2)26-32(47-36(53)11-14-61-16-18-63-20-22-65-24-25-66-23-21-64-19-17-62-15-13-51-37(54)9-10-38(51)55)42(59)49-33(27-30(3)4)43(60)48-31(7-8-35(44)52)41(58)46-28-39(56)50-12-5-6-34(50)40(45)57/h9-10,29-34H,5-8,11-28H2,1-4H3,(H2,44,52)(H2,45,57)(H,46,58)(H,47,53)(H,48,60)(H,49,59)/t31-,32-,33-,34-/m0/s1. The maximum absolute atomic E-state index is 13.6. The van der Waals surface area contributed by atoms with Gasteiger partial charge in [0.05, 0.1) is 92.4 Å². The SMILES string of the molecule is CC(C)C[C@H](NC(=O)CCOCCOCCOCCOCCOCCOCCN1C(=O)C=CC1=O)C(=O)N[C@@H](CC(C)C)C(=O)N[C@@H](CCC(N)=O)C(=O)NCC(=O)N1CCC[C@H]1C(N)=O. The quantitative estimate of drug-likeness (QED) is 0.0285. The highest BCUT2D eigenvalue weighted by molar-refractivity contribution is 6.12. The monoisotopic (exact) mass is 941 g/mol. The Morgan fingerprint density at radius 3 is 1.55 bits per heavy atom. The third-order valence-corrected chi connectivity index (χ3v) is 10.0. The number of primary amides is 2. The van der Waals surface area contributed by atoms with E-state index in [-0.39, 0.29) is 88.7 Å². The third-order valence-electron chi connectivity index (χ3n) is 10.0. The summed E-state index contributed by atoms with van der Waals surface area (Å²) < 4.78 is 32.7. The highest BCUT2D eigenvalue weighted by atomic mass is 16.6. The molecule has 4 atom stereocenters. The summed E-state index contributed by atoms with van der Waals surface area (Å²) in [5.74, 6) is -5.19. The lowest BCUT2D eigenvalue weighted by atomic mass is 9.99. The van der Waals surface area contributed by atoms with Crippen LogP contribution < -0.4 is 32.7 Å². The fourth-order valence-corrected chi connectivity index (χ4v) is 6.69. The highest BCUT2D eigenvalue weighted by Gasteiger charge is 2.34. The fraction of sp³-hybridized carbons (Fsp3) is 0.744. The number of amides is 9. The topological polar surface area (TPSA) is 316 Å². The molecule has 2 aliphatic heterocycles. The molecule has 23 heteroatoms. The van der Waals surface area contributed by atoms with E-state index in [1.807, 2.05) is 27.7 Å². The zero-order valence-corrected chi connectivity index (χ0v) is 38.8. The van der Waals surface area contributed by atoms with Crippen LogP contribution in [0.1, 0.15) is 72.6 Å². The van der Waals surface area contributed by atoms with Gasteiger partial charge < -0.3 is 66.1 Å². The van der Waals surface area contributed by atoms with Gasteiger partial charge in [0.15, 0.2) is 0 Å². The van der Waals surface area contributed by atoms with Crippen LogP contribution >= 0.6 is 0 Å². The van der Waals surface area contributed by atoms with Crippen molar-refractivity contribution in [2.24, 2.45) is 23.3 Å². The molecule has 66 heavy (non-hydrogen) atoms. The molecule has 9 amide bonds. The van der Waals surface area contributed by atoms with Gasteiger partial charge in [0.1, 0.15) is 24.2 Å². The van der Waals surface area contributed by atoms with Crippen LogP contribution in [0.4, 0.5) is 0 Å². The number of ether oxygens (including phenoxy) is 6. The summed E-state index contributed by atoms with van der Waals surface area (Å²) in [6.07, 6.45) is 3.41. The van der Waals surface area contributed by atoms with E-state index in [1.165, 1.54) is 17.1 Å². The fourth-order valence-electron chi connectivity index (χ4n) is 6.69. The molecule has 0 radical (unpaired) electrons. The van der Waals surface area contributed by atoms with Crippen LogP contribution in [0.3, 0.4) is 0 Å². The van der Waals surface area contributed by atoms with E-state index in [4.69, 9.17) is 39.9 Å². The van der Waals surface area contributed by atoms with Crippen molar-refractivity contribution in [2.75, 3.05) is 98.9 Å². The minimum absolute atomic E-state index is 0.0105. The molecule has 0 aromatic heterocycles. The normalized spacial score (nSPS) is 16.1. The van der Waals surface area contributed by atoms with Crippen molar-refractivity contribution in [3.63, 3.8) is 0 Å². The second-order valence-corrected chi connectivity index (χ2v) is 16.5. The summed E-state index contributed by atoms with van der Waals surface area (Å²) in [7, 11) is 0. The Morgan fingerprint density at radius 1 is 0.621 bits per heavy atom. The minimum Gasteiger partial charge on any atom is -0.379 e. The molecule has 374 valence electrons. The van der Waals surface area contributed by atoms with Crippen molar-refractivity contribution in [2.45, 2.75) is 96.8 Å². The Labute approximate surface area is 386 Å². The van der Waals surface area contributed by atoms with Crippen LogP contribution in [0.5, 0.6) is 0 Å². The summed E-state index contributed by atoms with van der Waals surface area (Å²) in [5, 5.41) is 10.5. The average molecular weight is 941 g/mol. The smallest absolute Gasteiger partial charge is 0.253 e. The minimum atomic E-state index is -1.29. The Bertz CT molecular complexity index is 1600. The zero-order chi connectivity index (χ0) is 48.9. The largest absolute Gasteiger partial charge is 0.379 e. The van der Waals surface area contributed by atoms with Gasteiger partial charge in [-0.1, -0.05) is 27.7 Å². The number of carbonyl (C=O) groups excluding carboxylic acids is 9. The summed E-state index contributed by atoms with van der Waals surface area (Å²) in [6.45, 7) is 11.1. The number of nitrogens with one attached hydrogen (secondary N) is 4. The molecule has 2 heterocycles. The lowest BCUT2D eigenvalue weighted by Crippen LogP contribution is -2.57. The molecule has 8 N–H and O–H groups in total. The van der Waals surface area contributed by atoms with Crippen molar-refractivity contribution in [3.8, 4) is 0 Å². The van der Waals surface area contributed by atoms with Gasteiger partial charge in [0.25, 0.3) is 11.8 Å². The Hall–Kier alpha value is -5.07. The number of nitrogens with zero attached hydrogens (tertiary/aromatic N) is 2. The Kier molecular flexibility index (Phi) is 28.2. The van der Waals surface area contributed by atoms with Gasteiger partial charge >= 0.3 is 0 Å². The third kappa shape index (κ3) is 23.9. The molecule has 2 rings (SSSR count). The van der Waals surface area contributed by atoms with Gasteiger partial charge in [-0.2, -0.15) is 0 Å². The first-order valence-electron chi connectivity index (χ1n) is 22.5. The van der Waals surface area contributed by atoms with Crippen LogP contribution in [-0.4, -0.2) is 186 Å². The number of hydrogen-bond acceptors (Lipinski definition) is 15. The van der Waals surface area contributed by atoms with E-state index in [2.05, 4.69) is 21.3 Å². The number of nitrogens with two attached hydrogens (primary N) is 2. The molecule has 0 spiro atoms. The van der Waals surface area contributed by atoms with Gasteiger partial charge in [-0.15, -0.1) is 0 Å². The summed E-state index contributed by atoms with van der Waals surface area (Å²) >= 11 is 0. The van der Waals surface area contributed by atoms with Gasteiger partial charge in [0.2, 0.25) is 41.4 Å². The van der Waals surface area contributed by atoms with Crippen molar-refractivity contribution in [3.05, 3.63) is 12.2 Å². The first-order valence-corrected chi connectivity index (χ1v) is 22.5. The molecule has 1 saturated heterocycles. The second kappa shape index (κ2) is 32.6. The Balaban J connectivity index is 1.66. The first kappa shape index (κ1) is 57.1. The molecule has 0 saturated carbocycles. The van der Waals surface area contributed by atoms with Gasteiger partial charge in [-0.25, -0.2) is 0 Å². The van der Waals surface area contributed by atoms with Gasteiger partial charge in [0, 0.05) is 31.5 Å².